The molecule has 1 amide bonds. The van der Waals surface area contributed by atoms with Gasteiger partial charge >= 0.3 is 5.97 Å². The van der Waals surface area contributed by atoms with Crippen LogP contribution in [-0.2, 0) is 4.79 Å². The van der Waals surface area contributed by atoms with Crippen LogP contribution >= 0.6 is 11.3 Å². The number of thiazole rings is 1. The van der Waals surface area contributed by atoms with E-state index in [1.807, 2.05) is 30.3 Å². The molecule has 0 spiro atoms. The fourth-order valence-electron chi connectivity index (χ4n) is 2.87. The molecular formula is C20H14N4O4S. The van der Waals surface area contributed by atoms with E-state index in [9.17, 15) is 14.7 Å². The maximum Gasteiger partial charge on any atom is 0.322 e. The van der Waals surface area contributed by atoms with Crippen molar-refractivity contribution in [2.45, 2.75) is 0 Å². The molecule has 0 aliphatic carbocycles. The Labute approximate surface area is 168 Å². The highest BCUT2D eigenvalue weighted by Crippen LogP contribution is 2.34. The lowest BCUT2D eigenvalue weighted by atomic mass is 10.1. The summed E-state index contributed by atoms with van der Waals surface area (Å²) in [6, 6.07) is 12.3. The summed E-state index contributed by atoms with van der Waals surface area (Å²) < 4.78 is 0. The van der Waals surface area contributed by atoms with E-state index in [0.29, 0.717) is 21.9 Å². The Morgan fingerprint density at radius 3 is 2.52 bits per heavy atom. The molecule has 0 saturated carbocycles. The van der Waals surface area contributed by atoms with Crippen molar-refractivity contribution in [1.82, 2.24) is 20.3 Å². The van der Waals surface area contributed by atoms with E-state index in [0.717, 1.165) is 5.56 Å². The van der Waals surface area contributed by atoms with Gasteiger partial charge in [0.05, 0.1) is 11.2 Å². The second kappa shape index (κ2) is 7.64. The van der Waals surface area contributed by atoms with Crippen molar-refractivity contribution in [3.05, 3.63) is 59.6 Å². The fourth-order valence-corrected chi connectivity index (χ4v) is 3.49. The van der Waals surface area contributed by atoms with Gasteiger partial charge in [-0.15, -0.1) is 11.3 Å². The third kappa shape index (κ3) is 3.63. The molecule has 4 aromatic rings. The van der Waals surface area contributed by atoms with Gasteiger partial charge in [0.15, 0.2) is 0 Å². The third-order valence-corrected chi connectivity index (χ3v) is 4.90. The zero-order valence-electron chi connectivity index (χ0n) is 14.9. The van der Waals surface area contributed by atoms with Crippen molar-refractivity contribution in [1.29, 1.82) is 0 Å². The highest BCUT2D eigenvalue weighted by Gasteiger charge is 2.22. The van der Waals surface area contributed by atoms with Gasteiger partial charge in [0.25, 0.3) is 5.91 Å². The summed E-state index contributed by atoms with van der Waals surface area (Å²) in [5.74, 6) is -2.26. The molecule has 4 rings (SSSR count). The summed E-state index contributed by atoms with van der Waals surface area (Å²) in [5.41, 5.74) is 2.32. The van der Waals surface area contributed by atoms with Crippen LogP contribution in [0, 0.1) is 0 Å². The summed E-state index contributed by atoms with van der Waals surface area (Å²) in [4.78, 5) is 36.9. The van der Waals surface area contributed by atoms with Crippen LogP contribution in [-0.4, -0.2) is 43.6 Å². The Balaban J connectivity index is 1.96. The lowest BCUT2D eigenvalue weighted by molar-refractivity contribution is -0.135. The molecule has 3 N–H and O–H groups in total. The van der Waals surface area contributed by atoms with E-state index in [1.54, 1.807) is 17.6 Å². The minimum Gasteiger partial charge on any atom is -0.507 e. The number of aromatic nitrogens is 3. The minimum absolute atomic E-state index is 0.131. The van der Waals surface area contributed by atoms with E-state index < -0.39 is 18.4 Å². The maximum atomic E-state index is 12.5. The topological polar surface area (TPSA) is 125 Å². The highest BCUT2D eigenvalue weighted by molar-refractivity contribution is 7.13. The Morgan fingerprint density at radius 1 is 1.03 bits per heavy atom. The largest absolute Gasteiger partial charge is 0.507 e. The second-order valence-electron chi connectivity index (χ2n) is 6.03. The number of amides is 1. The Kier molecular flexibility index (Phi) is 4.88. The van der Waals surface area contributed by atoms with Gasteiger partial charge in [-0.1, -0.05) is 30.3 Å². The standard InChI is InChI=1S/C20H14N4O4S/c25-13-7-6-12-17(15(13)19(28)22-10-14(26)27)24-18(20-21-8-9-29-20)16(23-12)11-4-2-1-3-5-11/h1-9,25H,10H2,(H,22,28)(H,26,27). The molecule has 144 valence electrons. The molecule has 0 aliphatic heterocycles. The first kappa shape index (κ1) is 18.5. The van der Waals surface area contributed by atoms with Gasteiger partial charge in [0, 0.05) is 17.1 Å². The average molecular weight is 406 g/mol. The number of hydrogen-bond donors (Lipinski definition) is 3. The number of phenols is 1. The number of hydrogen-bond acceptors (Lipinski definition) is 7. The Morgan fingerprint density at radius 2 is 1.83 bits per heavy atom. The zero-order chi connectivity index (χ0) is 20.4. The van der Waals surface area contributed by atoms with Gasteiger partial charge < -0.3 is 15.5 Å². The molecule has 0 atom stereocenters. The van der Waals surface area contributed by atoms with Gasteiger partial charge in [-0.3, -0.25) is 9.59 Å². The van der Waals surface area contributed by atoms with Crippen LogP contribution in [0.2, 0.25) is 0 Å². The summed E-state index contributed by atoms with van der Waals surface area (Å²) in [5, 5.41) is 23.7. The smallest absolute Gasteiger partial charge is 0.322 e. The molecule has 2 aromatic carbocycles. The number of nitrogens with one attached hydrogen (secondary N) is 1. The monoisotopic (exact) mass is 406 g/mol. The van der Waals surface area contributed by atoms with E-state index in [1.165, 1.54) is 17.4 Å². The lowest BCUT2D eigenvalue weighted by Gasteiger charge is -2.12. The first-order valence-corrected chi connectivity index (χ1v) is 9.41. The van der Waals surface area contributed by atoms with Gasteiger partial charge in [-0.05, 0) is 12.1 Å². The van der Waals surface area contributed by atoms with Crippen LogP contribution in [0.4, 0.5) is 0 Å². The maximum absolute atomic E-state index is 12.5. The SMILES string of the molecule is O=C(O)CNC(=O)c1c(O)ccc2nc(-c3ccccc3)c(-c3nccs3)nc12. The van der Waals surface area contributed by atoms with Crippen molar-refractivity contribution in [3.8, 4) is 27.7 Å². The van der Waals surface area contributed by atoms with Crippen LogP contribution < -0.4 is 5.32 Å². The molecule has 0 unspecified atom stereocenters. The van der Waals surface area contributed by atoms with E-state index in [-0.39, 0.29) is 16.8 Å². The number of carboxylic acids is 1. The molecule has 29 heavy (non-hydrogen) atoms. The highest BCUT2D eigenvalue weighted by atomic mass is 32.1. The van der Waals surface area contributed by atoms with Gasteiger partial charge in [-0.2, -0.15) is 0 Å². The van der Waals surface area contributed by atoms with E-state index >= 15 is 0 Å². The number of benzene rings is 2. The summed E-state index contributed by atoms with van der Waals surface area (Å²) >= 11 is 1.37. The van der Waals surface area contributed by atoms with Crippen LogP contribution in [0.5, 0.6) is 5.75 Å². The van der Waals surface area contributed by atoms with Crippen molar-refractivity contribution in [2.75, 3.05) is 6.54 Å². The van der Waals surface area contributed by atoms with Crippen molar-refractivity contribution in [2.24, 2.45) is 0 Å². The molecule has 2 heterocycles. The van der Waals surface area contributed by atoms with E-state index in [4.69, 9.17) is 5.11 Å². The molecule has 0 aliphatic rings. The molecule has 0 radical (unpaired) electrons. The average Bonchev–Trinajstić information content (AvgIpc) is 3.26. The molecule has 0 saturated heterocycles. The third-order valence-electron chi connectivity index (χ3n) is 4.12. The summed E-state index contributed by atoms with van der Waals surface area (Å²) in [6.07, 6.45) is 1.64. The molecule has 0 fully saturated rings. The van der Waals surface area contributed by atoms with Crippen LogP contribution in [0.3, 0.4) is 0 Å². The number of fused-ring (bicyclic) bond motifs is 1. The second-order valence-corrected chi connectivity index (χ2v) is 6.92. The normalized spacial score (nSPS) is 10.8. The number of carboxylic acid groups (broad SMARTS) is 1. The van der Waals surface area contributed by atoms with E-state index in [2.05, 4.69) is 20.3 Å². The zero-order valence-corrected chi connectivity index (χ0v) is 15.7. The van der Waals surface area contributed by atoms with Crippen molar-refractivity contribution in [3.63, 3.8) is 0 Å². The fraction of sp³-hybridized carbons (Fsp3) is 0.0500. The molecule has 0 bridgehead atoms. The van der Waals surface area contributed by atoms with Crippen molar-refractivity contribution >= 4 is 34.2 Å². The summed E-state index contributed by atoms with van der Waals surface area (Å²) in [7, 11) is 0. The number of carbonyl (C=O) groups excluding carboxylic acids is 1. The van der Waals surface area contributed by atoms with Crippen molar-refractivity contribution < 1.29 is 19.8 Å². The number of rotatable bonds is 5. The predicted molar refractivity (Wildman–Crippen MR) is 108 cm³/mol. The van der Waals surface area contributed by atoms with Crippen LogP contribution in [0.1, 0.15) is 10.4 Å². The molecule has 2 aromatic heterocycles. The molecular weight excluding hydrogens is 392 g/mol. The number of nitrogens with zero attached hydrogens (tertiary/aromatic N) is 3. The van der Waals surface area contributed by atoms with Gasteiger partial charge in [0.1, 0.15) is 34.1 Å². The molecule has 9 heteroatoms. The summed E-state index contributed by atoms with van der Waals surface area (Å²) in [6.45, 7) is -0.580. The Hall–Kier alpha value is -3.85. The van der Waals surface area contributed by atoms with Gasteiger partial charge in [0.2, 0.25) is 0 Å². The quantitative estimate of drug-likeness (QED) is 0.465. The predicted octanol–water partition coefficient (Wildman–Crippen LogP) is 2.94. The number of aromatic hydroxyl groups is 1. The number of aliphatic carboxylic acids is 1. The first-order chi connectivity index (χ1) is 14.0. The minimum atomic E-state index is -1.20. The Bertz CT molecular complexity index is 1210. The first-order valence-electron chi connectivity index (χ1n) is 8.53. The van der Waals surface area contributed by atoms with Gasteiger partial charge in [-0.25, -0.2) is 15.0 Å². The molecule has 8 nitrogen and oxygen atoms in total. The lowest BCUT2D eigenvalue weighted by Crippen LogP contribution is -2.29. The number of carbonyl (C=O) groups is 2. The number of phenolic OH excluding ortho intramolecular Hbond substituents is 1. The van der Waals surface area contributed by atoms with Crippen LogP contribution in [0.15, 0.2) is 54.0 Å². The van der Waals surface area contributed by atoms with Crippen LogP contribution in [0.25, 0.3) is 33.0 Å².